The van der Waals surface area contributed by atoms with Crippen LogP contribution < -0.4 is 9.47 Å². The van der Waals surface area contributed by atoms with Gasteiger partial charge in [0, 0.05) is 11.8 Å². The molecule has 34 heavy (non-hydrogen) atoms. The van der Waals surface area contributed by atoms with E-state index in [0.29, 0.717) is 29.8 Å². The molecule has 1 aromatic carbocycles. The van der Waals surface area contributed by atoms with Crippen molar-refractivity contribution in [1.82, 2.24) is 0 Å². The number of hydrogen-bond acceptors (Lipinski definition) is 9. The molecular weight excluding hydrogens is 444 g/mol. The predicted octanol–water partition coefficient (Wildman–Crippen LogP) is 0.826. The normalized spacial score (nSPS) is 41.3. The van der Waals surface area contributed by atoms with Gasteiger partial charge in [-0.25, -0.2) is 4.79 Å². The van der Waals surface area contributed by atoms with Crippen LogP contribution in [0, 0.1) is 17.3 Å². The second-order valence-corrected chi connectivity index (χ2v) is 10.4. The number of aryl methyl sites for hydroxylation is 1. The molecule has 2 saturated carbocycles. The largest absolute Gasteiger partial charge is 0.493 e. The second kappa shape index (κ2) is 8.57. The van der Waals surface area contributed by atoms with Crippen LogP contribution in [-0.4, -0.2) is 70.0 Å². The molecule has 0 amide bonds. The minimum Gasteiger partial charge on any atom is -0.493 e. The van der Waals surface area contributed by atoms with Crippen LogP contribution in [-0.2, 0) is 20.7 Å². The Morgan fingerprint density at radius 3 is 2.53 bits per heavy atom. The molecule has 9 heteroatoms. The van der Waals surface area contributed by atoms with E-state index in [-0.39, 0.29) is 17.1 Å². The van der Waals surface area contributed by atoms with E-state index >= 15 is 0 Å². The van der Waals surface area contributed by atoms with Crippen LogP contribution in [0.4, 0.5) is 0 Å². The van der Waals surface area contributed by atoms with Crippen molar-refractivity contribution < 1.29 is 44.2 Å². The number of Topliss-reactive ketones (excluding diaryl/α,β-unsaturated/α-hetero) is 1. The third-order valence-electron chi connectivity index (χ3n) is 8.75. The number of hydrogen-bond donors (Lipinski definition) is 4. The van der Waals surface area contributed by atoms with Gasteiger partial charge in [-0.15, -0.1) is 0 Å². The number of carbonyl (C=O) groups excluding carboxylic acids is 2. The number of aliphatic hydroxyl groups excluding tert-OH is 4. The van der Waals surface area contributed by atoms with E-state index in [0.717, 1.165) is 43.2 Å². The lowest BCUT2D eigenvalue weighted by atomic mass is 9.55. The fraction of sp³-hybridized carbons (Fsp3) is 0.680. The molecule has 1 aliphatic heterocycles. The Kier molecular flexibility index (Phi) is 5.97. The number of benzene rings is 1. The molecule has 186 valence electrons. The molecule has 0 radical (unpaired) electrons. The van der Waals surface area contributed by atoms with Gasteiger partial charge >= 0.3 is 5.97 Å². The molecule has 9 unspecified atom stereocenters. The second-order valence-electron chi connectivity index (χ2n) is 10.4. The highest BCUT2D eigenvalue weighted by atomic mass is 16.7. The number of ether oxygens (including phenoxy) is 3. The monoisotopic (exact) mass is 476 g/mol. The third-order valence-corrected chi connectivity index (χ3v) is 8.75. The number of ketones is 1. The molecule has 9 atom stereocenters. The summed E-state index contributed by atoms with van der Waals surface area (Å²) in [5, 5.41) is 39.5. The van der Waals surface area contributed by atoms with E-state index in [1.165, 1.54) is 7.11 Å². The maximum atomic E-state index is 12.8. The highest BCUT2D eigenvalue weighted by Crippen LogP contribution is 2.60. The van der Waals surface area contributed by atoms with Crippen molar-refractivity contribution >= 4 is 11.8 Å². The standard InChI is InChI=1S/C25H32O9/c1-25-8-7-12-13(15(25)5-6-18(25)26)4-3-11-9-16(32-2)17(10-14(11)12)33-24(31)22-20(28)19(27)21(29)23(30)34-22/h9-10,12-13,15,19-23,27-30H,3-8H2,1-2H3. The fourth-order valence-electron chi connectivity index (χ4n) is 6.81. The summed E-state index contributed by atoms with van der Waals surface area (Å²) in [6.07, 6.45) is -3.63. The molecule has 1 heterocycles. The minimum atomic E-state index is -1.84. The van der Waals surface area contributed by atoms with E-state index in [9.17, 15) is 30.0 Å². The minimum absolute atomic E-state index is 0.161. The van der Waals surface area contributed by atoms with E-state index in [1.807, 2.05) is 6.07 Å². The topological polar surface area (TPSA) is 143 Å². The Bertz CT molecular complexity index is 993. The summed E-state index contributed by atoms with van der Waals surface area (Å²) in [5.74, 6) is 0.895. The first-order chi connectivity index (χ1) is 16.2. The van der Waals surface area contributed by atoms with E-state index in [2.05, 4.69) is 6.92 Å². The lowest BCUT2D eigenvalue weighted by Gasteiger charge is -2.48. The zero-order chi connectivity index (χ0) is 24.4. The van der Waals surface area contributed by atoms with Crippen LogP contribution >= 0.6 is 0 Å². The summed E-state index contributed by atoms with van der Waals surface area (Å²) in [7, 11) is 1.47. The first kappa shape index (κ1) is 23.7. The van der Waals surface area contributed by atoms with E-state index in [4.69, 9.17) is 14.2 Å². The van der Waals surface area contributed by atoms with E-state index in [1.54, 1.807) is 6.07 Å². The lowest BCUT2D eigenvalue weighted by molar-refractivity contribution is -0.279. The first-order valence-electron chi connectivity index (χ1n) is 12.0. The number of rotatable bonds is 3. The van der Waals surface area contributed by atoms with Gasteiger partial charge in [-0.3, -0.25) is 4.79 Å². The summed E-state index contributed by atoms with van der Waals surface area (Å²) >= 11 is 0. The lowest BCUT2D eigenvalue weighted by Crippen LogP contribution is -2.60. The molecule has 0 spiro atoms. The van der Waals surface area contributed by atoms with Crippen molar-refractivity contribution in [3.8, 4) is 11.5 Å². The van der Waals surface area contributed by atoms with Crippen molar-refractivity contribution in [3.63, 3.8) is 0 Å². The van der Waals surface area contributed by atoms with Crippen molar-refractivity contribution in [2.24, 2.45) is 17.3 Å². The van der Waals surface area contributed by atoms with Gasteiger partial charge in [-0.05, 0) is 73.1 Å². The van der Waals surface area contributed by atoms with Crippen LogP contribution in [0.1, 0.15) is 56.1 Å². The number of esters is 1. The first-order valence-corrected chi connectivity index (χ1v) is 12.0. The summed E-state index contributed by atoms with van der Waals surface area (Å²) in [6.45, 7) is 2.12. The van der Waals surface area contributed by atoms with Gasteiger partial charge in [0.15, 0.2) is 23.9 Å². The van der Waals surface area contributed by atoms with Crippen LogP contribution in [0.15, 0.2) is 12.1 Å². The molecule has 1 aromatic rings. The van der Waals surface area contributed by atoms with Crippen molar-refractivity contribution in [1.29, 1.82) is 0 Å². The van der Waals surface area contributed by atoms with Gasteiger partial charge in [0.25, 0.3) is 0 Å². The molecule has 0 bridgehead atoms. The number of fused-ring (bicyclic) bond motifs is 5. The molecule has 9 nitrogen and oxygen atoms in total. The smallest absolute Gasteiger partial charge is 0.343 e. The Balaban J connectivity index is 1.42. The van der Waals surface area contributed by atoms with Crippen molar-refractivity contribution in [2.45, 2.75) is 82.1 Å². The molecule has 0 aromatic heterocycles. The quantitative estimate of drug-likeness (QED) is 0.368. The zero-order valence-electron chi connectivity index (χ0n) is 19.3. The highest BCUT2D eigenvalue weighted by molar-refractivity contribution is 5.87. The van der Waals surface area contributed by atoms with Crippen LogP contribution in [0.2, 0.25) is 0 Å². The Hall–Kier alpha value is -2.04. The molecule has 1 saturated heterocycles. The maximum absolute atomic E-state index is 12.8. The van der Waals surface area contributed by atoms with Gasteiger partial charge < -0.3 is 34.6 Å². The van der Waals surface area contributed by atoms with Crippen LogP contribution in [0.3, 0.4) is 0 Å². The molecule has 3 fully saturated rings. The van der Waals surface area contributed by atoms with Gasteiger partial charge in [-0.2, -0.15) is 0 Å². The summed E-state index contributed by atoms with van der Waals surface area (Å²) in [6, 6.07) is 3.67. The number of carbonyl (C=O) groups is 2. The van der Waals surface area contributed by atoms with E-state index < -0.39 is 36.7 Å². The van der Waals surface area contributed by atoms with Gasteiger partial charge in [0.1, 0.15) is 24.1 Å². The molecular formula is C25H32O9. The molecule has 4 N–H and O–H groups in total. The average Bonchev–Trinajstić information content (AvgIpc) is 3.13. The maximum Gasteiger partial charge on any atom is 0.343 e. The summed E-state index contributed by atoms with van der Waals surface area (Å²) in [5.41, 5.74) is 1.98. The molecule has 3 aliphatic carbocycles. The number of methoxy groups -OCH3 is 1. The average molecular weight is 477 g/mol. The Morgan fingerprint density at radius 1 is 1.03 bits per heavy atom. The number of aliphatic hydroxyl groups is 4. The SMILES string of the molecule is COc1cc2c(cc1OC(=O)C1OC(O)C(O)C(O)C1O)C1CCC3(C)C(=O)CCC3C1CC2. The molecule has 5 rings (SSSR count). The Labute approximate surface area is 197 Å². The van der Waals surface area contributed by atoms with Gasteiger partial charge in [0.2, 0.25) is 0 Å². The van der Waals surface area contributed by atoms with Crippen LogP contribution in [0.25, 0.3) is 0 Å². The van der Waals surface area contributed by atoms with Gasteiger partial charge in [-0.1, -0.05) is 6.92 Å². The predicted molar refractivity (Wildman–Crippen MR) is 117 cm³/mol. The zero-order valence-corrected chi connectivity index (χ0v) is 19.3. The third kappa shape index (κ3) is 3.56. The summed E-state index contributed by atoms with van der Waals surface area (Å²) in [4.78, 5) is 25.4. The van der Waals surface area contributed by atoms with Crippen molar-refractivity contribution in [3.05, 3.63) is 23.3 Å². The van der Waals surface area contributed by atoms with Gasteiger partial charge in [0.05, 0.1) is 7.11 Å². The fourth-order valence-corrected chi connectivity index (χ4v) is 6.81. The Morgan fingerprint density at radius 2 is 1.79 bits per heavy atom. The highest BCUT2D eigenvalue weighted by Gasteiger charge is 2.54. The molecule has 4 aliphatic rings. The van der Waals surface area contributed by atoms with Crippen LogP contribution in [0.5, 0.6) is 11.5 Å². The van der Waals surface area contributed by atoms with Crippen molar-refractivity contribution in [2.75, 3.05) is 7.11 Å². The summed E-state index contributed by atoms with van der Waals surface area (Å²) < 4.78 is 16.0.